The smallest absolute Gasteiger partial charge is 0.457 e. The second-order valence-corrected chi connectivity index (χ2v) is 4.50. The van der Waals surface area contributed by atoms with Crippen molar-refractivity contribution in [1.82, 2.24) is 0 Å². The van der Waals surface area contributed by atoms with Gasteiger partial charge >= 0.3 is 12.3 Å². The molecule has 2 rings (SSSR count). The third kappa shape index (κ3) is 3.87. The molecule has 0 saturated carbocycles. The van der Waals surface area contributed by atoms with Gasteiger partial charge in [-0.2, -0.15) is 22.0 Å². The van der Waals surface area contributed by atoms with Crippen LogP contribution >= 0.6 is 0 Å². The minimum absolute atomic E-state index is 0.284. The first-order valence-electron chi connectivity index (χ1n) is 6.15. The van der Waals surface area contributed by atoms with E-state index in [9.17, 15) is 22.0 Å². The highest BCUT2D eigenvalue weighted by Crippen LogP contribution is 2.37. The first-order valence-corrected chi connectivity index (χ1v) is 6.15. The molecule has 0 radical (unpaired) electrons. The van der Waals surface area contributed by atoms with E-state index in [0.717, 1.165) is 17.7 Å². The molecule has 0 bridgehead atoms. The van der Waals surface area contributed by atoms with Crippen LogP contribution in [0.15, 0.2) is 48.5 Å². The van der Waals surface area contributed by atoms with Gasteiger partial charge in [0.1, 0.15) is 17.2 Å². The Morgan fingerprint density at radius 1 is 0.682 bits per heavy atom. The summed E-state index contributed by atoms with van der Waals surface area (Å²) in [5.74, 6) is 0.185. The molecule has 0 unspecified atom stereocenters. The summed E-state index contributed by atoms with van der Waals surface area (Å²) < 4.78 is 70.6. The molecular weight excluding hydrogens is 307 g/mol. The molecule has 22 heavy (non-hydrogen) atoms. The Morgan fingerprint density at radius 3 is 1.55 bits per heavy atom. The molecule has 7 heteroatoms. The molecule has 0 amide bonds. The lowest BCUT2D eigenvalue weighted by Crippen LogP contribution is -2.41. The molecule has 0 atom stereocenters. The molecule has 0 heterocycles. The third-order valence-electron chi connectivity index (χ3n) is 2.66. The lowest BCUT2D eigenvalue weighted by Gasteiger charge is -2.20. The maximum Gasteiger partial charge on any atom is 0.499 e. The van der Waals surface area contributed by atoms with E-state index in [1.165, 1.54) is 12.1 Å². The van der Waals surface area contributed by atoms with Gasteiger partial charge in [-0.05, 0) is 43.3 Å². The summed E-state index contributed by atoms with van der Waals surface area (Å²) in [6.45, 7) is 1.90. The van der Waals surface area contributed by atoms with Crippen LogP contribution in [0, 0.1) is 6.92 Å². The van der Waals surface area contributed by atoms with E-state index in [1.54, 1.807) is 12.1 Å². The summed E-state index contributed by atoms with van der Waals surface area (Å²) >= 11 is 0. The molecule has 2 aromatic carbocycles. The third-order valence-corrected chi connectivity index (χ3v) is 2.66. The van der Waals surface area contributed by atoms with E-state index in [-0.39, 0.29) is 5.75 Å². The van der Waals surface area contributed by atoms with Gasteiger partial charge in [-0.1, -0.05) is 17.7 Å². The predicted octanol–water partition coefficient (Wildman–Crippen LogP) is 5.32. The van der Waals surface area contributed by atoms with Crippen LogP contribution in [-0.2, 0) is 0 Å². The molecule has 118 valence electrons. The van der Waals surface area contributed by atoms with Gasteiger partial charge in [0, 0.05) is 0 Å². The lowest BCUT2D eigenvalue weighted by atomic mass is 10.2. The van der Waals surface area contributed by atoms with Gasteiger partial charge in [0.05, 0.1) is 0 Å². The van der Waals surface area contributed by atoms with E-state index >= 15 is 0 Å². The molecule has 0 fully saturated rings. The summed E-state index contributed by atoms with van der Waals surface area (Å²) in [4.78, 5) is 0. The monoisotopic (exact) mass is 318 g/mol. The quantitative estimate of drug-likeness (QED) is 0.710. The van der Waals surface area contributed by atoms with Crippen molar-refractivity contribution in [1.29, 1.82) is 0 Å². The molecule has 0 aliphatic heterocycles. The number of ether oxygens (including phenoxy) is 2. The van der Waals surface area contributed by atoms with Crippen molar-refractivity contribution in [3.05, 3.63) is 54.1 Å². The predicted molar refractivity (Wildman–Crippen MR) is 69.3 cm³/mol. The second kappa shape index (κ2) is 5.82. The average Bonchev–Trinajstić information content (AvgIpc) is 2.42. The maximum absolute atomic E-state index is 12.7. The highest BCUT2D eigenvalue weighted by atomic mass is 19.4. The minimum atomic E-state index is -5.77. The van der Waals surface area contributed by atoms with Crippen LogP contribution in [-0.4, -0.2) is 12.3 Å². The Hall–Kier alpha value is -2.31. The fourth-order valence-electron chi connectivity index (χ4n) is 1.52. The van der Waals surface area contributed by atoms with Gasteiger partial charge in [0.25, 0.3) is 0 Å². The van der Waals surface area contributed by atoms with Crippen molar-refractivity contribution in [3.8, 4) is 17.2 Å². The Kier molecular flexibility index (Phi) is 4.25. The van der Waals surface area contributed by atoms with Gasteiger partial charge in [-0.15, -0.1) is 0 Å². The summed E-state index contributed by atoms with van der Waals surface area (Å²) in [5.41, 5.74) is 1.03. The van der Waals surface area contributed by atoms with Crippen LogP contribution in [0.3, 0.4) is 0 Å². The van der Waals surface area contributed by atoms with Crippen molar-refractivity contribution >= 4 is 0 Å². The van der Waals surface area contributed by atoms with Gasteiger partial charge in [-0.25, -0.2) is 0 Å². The summed E-state index contributed by atoms with van der Waals surface area (Å²) in [6.07, 6.45) is -11.0. The van der Waals surface area contributed by atoms with Gasteiger partial charge in [-0.3, -0.25) is 0 Å². The molecule has 0 N–H and O–H groups in total. The van der Waals surface area contributed by atoms with Crippen LogP contribution in [0.4, 0.5) is 22.0 Å². The minimum Gasteiger partial charge on any atom is -0.457 e. The van der Waals surface area contributed by atoms with Crippen molar-refractivity contribution in [2.45, 2.75) is 19.2 Å². The SMILES string of the molecule is Cc1ccc(Oc2ccc(OC(F)(F)C(F)(F)F)cc2)cc1. The van der Waals surface area contributed by atoms with Crippen LogP contribution in [0.25, 0.3) is 0 Å². The van der Waals surface area contributed by atoms with Crippen LogP contribution < -0.4 is 9.47 Å². The standard InChI is InChI=1S/C15H11F5O2/c1-10-2-4-11(5-3-10)21-12-6-8-13(9-7-12)22-15(19,20)14(16,17)18/h2-9H,1H3. The highest BCUT2D eigenvalue weighted by Gasteiger charge is 2.61. The first kappa shape index (κ1) is 16.1. The van der Waals surface area contributed by atoms with Crippen molar-refractivity contribution in [3.63, 3.8) is 0 Å². The molecular formula is C15H11F5O2. The van der Waals surface area contributed by atoms with Crippen molar-refractivity contribution in [2.75, 3.05) is 0 Å². The Bertz CT molecular complexity index is 618. The van der Waals surface area contributed by atoms with Gasteiger partial charge in [0.15, 0.2) is 0 Å². The van der Waals surface area contributed by atoms with Crippen LogP contribution in [0.1, 0.15) is 5.56 Å². The highest BCUT2D eigenvalue weighted by molar-refractivity contribution is 5.36. The number of rotatable bonds is 4. The van der Waals surface area contributed by atoms with Gasteiger partial charge in [0.2, 0.25) is 0 Å². The number of hydrogen-bond donors (Lipinski definition) is 0. The average molecular weight is 318 g/mol. The summed E-state index contributed by atoms with van der Waals surface area (Å²) in [5, 5.41) is 0. The van der Waals surface area contributed by atoms with Crippen molar-refractivity contribution < 1.29 is 31.4 Å². The largest absolute Gasteiger partial charge is 0.499 e. The van der Waals surface area contributed by atoms with Gasteiger partial charge < -0.3 is 9.47 Å². The second-order valence-electron chi connectivity index (χ2n) is 4.50. The molecule has 2 aromatic rings. The van der Waals surface area contributed by atoms with E-state index in [1.807, 2.05) is 19.1 Å². The topological polar surface area (TPSA) is 18.5 Å². The first-order chi connectivity index (χ1) is 10.2. The number of halogens is 5. The van der Waals surface area contributed by atoms with Crippen LogP contribution in [0.5, 0.6) is 17.2 Å². The Labute approximate surface area is 123 Å². The van der Waals surface area contributed by atoms with E-state index in [4.69, 9.17) is 4.74 Å². The number of aryl methyl sites for hydroxylation is 1. The van der Waals surface area contributed by atoms with E-state index < -0.39 is 18.0 Å². The normalized spacial score (nSPS) is 12.1. The summed E-state index contributed by atoms with van der Waals surface area (Å²) in [6, 6.07) is 11.5. The fourth-order valence-corrected chi connectivity index (χ4v) is 1.52. The number of hydrogen-bond acceptors (Lipinski definition) is 2. The zero-order valence-corrected chi connectivity index (χ0v) is 11.3. The summed E-state index contributed by atoms with van der Waals surface area (Å²) in [7, 11) is 0. The van der Waals surface area contributed by atoms with E-state index in [0.29, 0.717) is 5.75 Å². The van der Waals surface area contributed by atoms with Crippen LogP contribution in [0.2, 0.25) is 0 Å². The zero-order chi connectivity index (χ0) is 16.4. The Morgan fingerprint density at radius 2 is 1.09 bits per heavy atom. The van der Waals surface area contributed by atoms with Crippen molar-refractivity contribution in [2.24, 2.45) is 0 Å². The molecule has 0 spiro atoms. The molecule has 2 nitrogen and oxygen atoms in total. The molecule has 0 aromatic heterocycles. The Balaban J connectivity index is 2.06. The lowest BCUT2D eigenvalue weighted by molar-refractivity contribution is -0.360. The molecule has 0 aliphatic rings. The zero-order valence-electron chi connectivity index (χ0n) is 11.3. The molecule has 0 saturated heterocycles. The number of benzene rings is 2. The number of alkyl halides is 5. The fraction of sp³-hybridized carbons (Fsp3) is 0.200. The maximum atomic E-state index is 12.7. The van der Waals surface area contributed by atoms with E-state index in [2.05, 4.69) is 4.74 Å². The molecule has 0 aliphatic carbocycles.